The lowest BCUT2D eigenvalue weighted by molar-refractivity contribution is -0.117. The Morgan fingerprint density at radius 2 is 2.04 bits per heavy atom. The van der Waals surface area contributed by atoms with E-state index in [2.05, 4.69) is 10.2 Å². The lowest BCUT2D eigenvalue weighted by Crippen LogP contribution is -2.33. The SMILES string of the molecule is COc1ccc([C@H]2CCCN2CC(=O)Nc2cc(Cl)ccc2C)c(OC)c1. The highest BCUT2D eigenvalue weighted by atomic mass is 35.5. The van der Waals surface area contributed by atoms with Crippen LogP contribution in [0.3, 0.4) is 0 Å². The summed E-state index contributed by atoms with van der Waals surface area (Å²) in [4.78, 5) is 14.8. The monoisotopic (exact) mass is 388 g/mol. The molecular weight excluding hydrogens is 364 g/mol. The molecule has 27 heavy (non-hydrogen) atoms. The molecule has 0 bridgehead atoms. The van der Waals surface area contributed by atoms with Gasteiger partial charge >= 0.3 is 0 Å². The van der Waals surface area contributed by atoms with E-state index in [0.717, 1.165) is 47.7 Å². The first-order chi connectivity index (χ1) is 13.0. The predicted octanol–water partition coefficient (Wildman–Crippen LogP) is 4.44. The van der Waals surface area contributed by atoms with Gasteiger partial charge < -0.3 is 14.8 Å². The Kier molecular flexibility index (Phi) is 6.24. The van der Waals surface area contributed by atoms with Gasteiger partial charge in [0.25, 0.3) is 0 Å². The Hall–Kier alpha value is -2.24. The third kappa shape index (κ3) is 4.54. The molecule has 1 atom stereocenters. The molecule has 2 aromatic carbocycles. The number of ether oxygens (including phenoxy) is 2. The minimum absolute atomic E-state index is 0.0419. The zero-order valence-corrected chi connectivity index (χ0v) is 16.7. The van der Waals surface area contributed by atoms with Crippen LogP contribution in [0.25, 0.3) is 0 Å². The molecular formula is C21H25ClN2O3. The molecule has 1 N–H and O–H groups in total. The Bertz CT molecular complexity index is 825. The summed E-state index contributed by atoms with van der Waals surface area (Å²) in [6.07, 6.45) is 2.04. The number of hydrogen-bond donors (Lipinski definition) is 1. The summed E-state index contributed by atoms with van der Waals surface area (Å²) in [5.74, 6) is 1.51. The second-order valence-corrected chi connectivity index (χ2v) is 7.18. The van der Waals surface area contributed by atoms with Crippen LogP contribution in [-0.2, 0) is 4.79 Å². The van der Waals surface area contributed by atoms with Gasteiger partial charge in [-0.15, -0.1) is 0 Å². The number of halogens is 1. The fourth-order valence-corrected chi connectivity index (χ4v) is 3.74. The van der Waals surface area contributed by atoms with Gasteiger partial charge in [0.2, 0.25) is 5.91 Å². The maximum atomic E-state index is 12.6. The van der Waals surface area contributed by atoms with Gasteiger partial charge in [0.1, 0.15) is 11.5 Å². The smallest absolute Gasteiger partial charge is 0.238 e. The van der Waals surface area contributed by atoms with Crippen LogP contribution in [0.1, 0.15) is 30.0 Å². The van der Waals surface area contributed by atoms with E-state index in [1.165, 1.54) is 0 Å². The lowest BCUT2D eigenvalue weighted by Gasteiger charge is -2.26. The minimum atomic E-state index is -0.0419. The average molecular weight is 389 g/mol. The van der Waals surface area contributed by atoms with Gasteiger partial charge in [-0.2, -0.15) is 0 Å². The van der Waals surface area contributed by atoms with E-state index in [1.807, 2.05) is 37.3 Å². The second-order valence-electron chi connectivity index (χ2n) is 6.74. The van der Waals surface area contributed by atoms with Crippen LogP contribution < -0.4 is 14.8 Å². The molecule has 0 aromatic heterocycles. The molecule has 1 aliphatic heterocycles. The molecule has 1 aliphatic rings. The molecule has 3 rings (SSSR count). The Labute approximate surface area is 165 Å². The van der Waals surface area contributed by atoms with Crippen molar-refractivity contribution in [3.63, 3.8) is 0 Å². The summed E-state index contributed by atoms with van der Waals surface area (Å²) in [5, 5.41) is 3.59. The number of likely N-dealkylation sites (tertiary alicyclic amines) is 1. The first-order valence-corrected chi connectivity index (χ1v) is 9.41. The Morgan fingerprint density at radius 1 is 1.22 bits per heavy atom. The minimum Gasteiger partial charge on any atom is -0.497 e. The van der Waals surface area contributed by atoms with E-state index in [9.17, 15) is 4.79 Å². The third-order valence-electron chi connectivity index (χ3n) is 4.98. The number of rotatable bonds is 6. The quantitative estimate of drug-likeness (QED) is 0.794. The molecule has 1 saturated heterocycles. The van der Waals surface area contributed by atoms with Gasteiger partial charge in [-0.1, -0.05) is 23.7 Å². The summed E-state index contributed by atoms with van der Waals surface area (Å²) >= 11 is 6.05. The van der Waals surface area contributed by atoms with Crippen molar-refractivity contribution in [3.8, 4) is 11.5 Å². The third-order valence-corrected chi connectivity index (χ3v) is 5.22. The molecule has 2 aromatic rings. The molecule has 1 fully saturated rings. The summed E-state index contributed by atoms with van der Waals surface area (Å²) in [6.45, 7) is 3.15. The number of methoxy groups -OCH3 is 2. The van der Waals surface area contributed by atoms with E-state index >= 15 is 0 Å². The maximum absolute atomic E-state index is 12.6. The number of nitrogens with one attached hydrogen (secondary N) is 1. The Morgan fingerprint density at radius 3 is 2.78 bits per heavy atom. The van der Waals surface area contributed by atoms with Crippen LogP contribution in [0.5, 0.6) is 11.5 Å². The fourth-order valence-electron chi connectivity index (χ4n) is 3.56. The Balaban J connectivity index is 1.73. The van der Waals surface area contributed by atoms with Gasteiger partial charge in [-0.05, 0) is 50.1 Å². The van der Waals surface area contributed by atoms with Crippen LogP contribution in [-0.4, -0.2) is 38.1 Å². The molecule has 0 saturated carbocycles. The molecule has 144 valence electrons. The van der Waals surface area contributed by atoms with Gasteiger partial charge in [0, 0.05) is 28.4 Å². The van der Waals surface area contributed by atoms with E-state index in [-0.39, 0.29) is 11.9 Å². The van der Waals surface area contributed by atoms with Crippen molar-refractivity contribution < 1.29 is 14.3 Å². The predicted molar refractivity (Wildman–Crippen MR) is 108 cm³/mol. The van der Waals surface area contributed by atoms with Crippen LogP contribution in [0.4, 0.5) is 5.69 Å². The maximum Gasteiger partial charge on any atom is 0.238 e. The average Bonchev–Trinajstić information content (AvgIpc) is 3.11. The van der Waals surface area contributed by atoms with Crippen molar-refractivity contribution in [1.82, 2.24) is 4.90 Å². The zero-order valence-electron chi connectivity index (χ0n) is 15.9. The molecule has 0 aliphatic carbocycles. The number of carbonyl (C=O) groups is 1. The van der Waals surface area contributed by atoms with Crippen molar-refractivity contribution >= 4 is 23.2 Å². The van der Waals surface area contributed by atoms with Gasteiger partial charge in [0.05, 0.1) is 20.8 Å². The zero-order chi connectivity index (χ0) is 19.4. The standard InChI is InChI=1S/C21H25ClN2O3/c1-14-6-7-15(22)11-18(14)23-21(25)13-24-10-4-5-19(24)17-9-8-16(26-2)12-20(17)27-3/h6-9,11-12,19H,4-5,10,13H2,1-3H3,(H,23,25)/t19-/m1/s1. The highest BCUT2D eigenvalue weighted by Gasteiger charge is 2.30. The number of benzene rings is 2. The number of carbonyl (C=O) groups excluding carboxylic acids is 1. The number of hydrogen-bond acceptors (Lipinski definition) is 4. The van der Waals surface area contributed by atoms with E-state index < -0.39 is 0 Å². The van der Waals surface area contributed by atoms with Crippen molar-refractivity contribution in [3.05, 3.63) is 52.5 Å². The number of anilines is 1. The van der Waals surface area contributed by atoms with Crippen molar-refractivity contribution in [1.29, 1.82) is 0 Å². The normalized spacial score (nSPS) is 17.0. The molecule has 1 heterocycles. The molecule has 5 nitrogen and oxygen atoms in total. The highest BCUT2D eigenvalue weighted by Crippen LogP contribution is 2.38. The van der Waals surface area contributed by atoms with Crippen molar-refractivity contribution in [2.75, 3.05) is 32.6 Å². The van der Waals surface area contributed by atoms with Crippen LogP contribution in [0.15, 0.2) is 36.4 Å². The first-order valence-electron chi connectivity index (χ1n) is 9.04. The highest BCUT2D eigenvalue weighted by molar-refractivity contribution is 6.31. The van der Waals surface area contributed by atoms with E-state index in [4.69, 9.17) is 21.1 Å². The van der Waals surface area contributed by atoms with Crippen molar-refractivity contribution in [2.45, 2.75) is 25.8 Å². The molecule has 0 unspecified atom stereocenters. The largest absolute Gasteiger partial charge is 0.497 e. The molecule has 0 radical (unpaired) electrons. The van der Waals surface area contributed by atoms with E-state index in [1.54, 1.807) is 20.3 Å². The van der Waals surface area contributed by atoms with E-state index in [0.29, 0.717) is 11.6 Å². The molecule has 0 spiro atoms. The van der Waals surface area contributed by atoms with Crippen LogP contribution >= 0.6 is 11.6 Å². The van der Waals surface area contributed by atoms with Crippen LogP contribution in [0.2, 0.25) is 5.02 Å². The number of nitrogens with zero attached hydrogens (tertiary/aromatic N) is 1. The molecule has 6 heteroatoms. The first kappa shape index (κ1) is 19.5. The summed E-state index contributed by atoms with van der Waals surface area (Å²) < 4.78 is 10.8. The lowest BCUT2D eigenvalue weighted by atomic mass is 10.0. The number of aryl methyl sites for hydroxylation is 1. The van der Waals surface area contributed by atoms with Gasteiger partial charge in [0.15, 0.2) is 0 Å². The van der Waals surface area contributed by atoms with Crippen LogP contribution in [0, 0.1) is 6.92 Å². The number of amides is 1. The van der Waals surface area contributed by atoms with Crippen molar-refractivity contribution in [2.24, 2.45) is 0 Å². The van der Waals surface area contributed by atoms with Gasteiger partial charge in [-0.3, -0.25) is 9.69 Å². The second kappa shape index (κ2) is 8.63. The molecule has 1 amide bonds. The fraction of sp³-hybridized carbons (Fsp3) is 0.381. The summed E-state index contributed by atoms with van der Waals surface area (Å²) in [5.41, 5.74) is 2.83. The summed E-state index contributed by atoms with van der Waals surface area (Å²) in [7, 11) is 3.30. The topological polar surface area (TPSA) is 50.8 Å². The van der Waals surface area contributed by atoms with Gasteiger partial charge in [-0.25, -0.2) is 0 Å². The summed E-state index contributed by atoms with van der Waals surface area (Å²) in [6, 6.07) is 11.5.